The second kappa shape index (κ2) is 9.78. The smallest absolute Gasteiger partial charge is 0.228 e. The van der Waals surface area contributed by atoms with Gasteiger partial charge in [-0.15, -0.1) is 12.4 Å². The number of carbonyl (C=O) groups is 2. The summed E-state index contributed by atoms with van der Waals surface area (Å²) in [6.45, 7) is 3.61. The Kier molecular flexibility index (Phi) is 7.72. The molecule has 6 heteroatoms. The van der Waals surface area contributed by atoms with E-state index in [-0.39, 0.29) is 30.1 Å². The molecule has 0 aliphatic carbocycles. The number of hydrogen-bond donors (Lipinski definition) is 2. The van der Waals surface area contributed by atoms with Crippen LogP contribution in [0.2, 0.25) is 0 Å². The Hall–Kier alpha value is -1.59. The van der Waals surface area contributed by atoms with Crippen molar-refractivity contribution in [2.45, 2.75) is 38.5 Å². The van der Waals surface area contributed by atoms with E-state index < -0.39 is 0 Å². The lowest BCUT2D eigenvalue weighted by Crippen LogP contribution is -2.37. The van der Waals surface area contributed by atoms with Crippen LogP contribution < -0.4 is 10.6 Å². The zero-order valence-electron chi connectivity index (χ0n) is 14.6. The number of rotatable bonds is 5. The summed E-state index contributed by atoms with van der Waals surface area (Å²) < 4.78 is 0. The normalized spacial score (nSPS) is 20.0. The Labute approximate surface area is 155 Å². The van der Waals surface area contributed by atoms with Gasteiger partial charge in [0.25, 0.3) is 0 Å². The second-order valence-electron chi connectivity index (χ2n) is 6.82. The zero-order valence-corrected chi connectivity index (χ0v) is 15.4. The fourth-order valence-electron chi connectivity index (χ4n) is 3.45. The largest absolute Gasteiger partial charge is 0.343 e. The van der Waals surface area contributed by atoms with Gasteiger partial charge in [0.1, 0.15) is 0 Å². The molecule has 2 heterocycles. The fourth-order valence-corrected chi connectivity index (χ4v) is 3.45. The molecule has 0 radical (unpaired) electrons. The Morgan fingerprint density at radius 3 is 2.48 bits per heavy atom. The molecule has 1 aromatic carbocycles. The summed E-state index contributed by atoms with van der Waals surface area (Å²) in [4.78, 5) is 26.2. The highest BCUT2D eigenvalue weighted by Crippen LogP contribution is 2.16. The van der Waals surface area contributed by atoms with Gasteiger partial charge < -0.3 is 15.5 Å². The van der Waals surface area contributed by atoms with Crippen molar-refractivity contribution in [3.63, 3.8) is 0 Å². The Morgan fingerprint density at radius 1 is 1.12 bits per heavy atom. The first kappa shape index (κ1) is 19.7. The van der Waals surface area contributed by atoms with Crippen LogP contribution in [0.3, 0.4) is 0 Å². The van der Waals surface area contributed by atoms with Gasteiger partial charge in [-0.2, -0.15) is 0 Å². The molecule has 2 saturated heterocycles. The summed E-state index contributed by atoms with van der Waals surface area (Å²) in [5.41, 5.74) is 1.97. The van der Waals surface area contributed by atoms with E-state index >= 15 is 0 Å². The van der Waals surface area contributed by atoms with Gasteiger partial charge in [0.05, 0.1) is 5.92 Å². The van der Waals surface area contributed by atoms with Gasteiger partial charge in [-0.05, 0) is 56.3 Å². The van der Waals surface area contributed by atoms with Crippen LogP contribution in [0.1, 0.15) is 37.7 Å². The van der Waals surface area contributed by atoms with Crippen LogP contribution in [0.5, 0.6) is 0 Å². The molecule has 0 saturated carbocycles. The molecule has 2 N–H and O–H groups in total. The van der Waals surface area contributed by atoms with E-state index in [2.05, 4.69) is 10.6 Å². The summed E-state index contributed by atoms with van der Waals surface area (Å²) >= 11 is 0. The molecule has 5 nitrogen and oxygen atoms in total. The third-order valence-corrected chi connectivity index (χ3v) is 4.98. The quantitative estimate of drug-likeness (QED) is 0.843. The maximum atomic E-state index is 12.2. The van der Waals surface area contributed by atoms with Gasteiger partial charge in [-0.1, -0.05) is 12.1 Å². The van der Waals surface area contributed by atoms with E-state index in [0.717, 1.165) is 69.5 Å². The van der Waals surface area contributed by atoms with E-state index in [1.807, 2.05) is 29.2 Å². The first-order chi connectivity index (χ1) is 11.7. The average molecular weight is 366 g/mol. The predicted octanol–water partition coefficient (Wildman–Crippen LogP) is 2.60. The number of nitrogens with one attached hydrogen (secondary N) is 2. The molecule has 0 spiro atoms. The third kappa shape index (κ3) is 5.72. The van der Waals surface area contributed by atoms with E-state index in [4.69, 9.17) is 0 Å². The SMILES string of the molecule is Cl.O=C(Nc1ccc(CCC(=O)N2CCCC2)cc1)C1CCCNC1. The number of aryl methyl sites for hydroxylation is 1. The Bertz CT molecular complexity index is 565. The highest BCUT2D eigenvalue weighted by molar-refractivity contribution is 5.92. The molecule has 25 heavy (non-hydrogen) atoms. The fraction of sp³-hybridized carbons (Fsp3) is 0.579. The van der Waals surface area contributed by atoms with Gasteiger partial charge in [0.15, 0.2) is 0 Å². The standard InChI is InChI=1S/C19H27N3O2.ClH/c23-18(22-12-1-2-13-22)10-7-15-5-8-17(9-6-15)21-19(24)16-4-3-11-20-14-16;/h5-6,8-9,16,20H,1-4,7,10-14H2,(H,21,24);1H. The van der Waals surface area contributed by atoms with Crippen LogP contribution in [0.25, 0.3) is 0 Å². The number of amides is 2. The Balaban J connectivity index is 0.00000225. The predicted molar refractivity (Wildman–Crippen MR) is 102 cm³/mol. The first-order valence-electron chi connectivity index (χ1n) is 9.11. The minimum atomic E-state index is 0. The molecule has 2 aliphatic heterocycles. The molecule has 0 bridgehead atoms. The summed E-state index contributed by atoms with van der Waals surface area (Å²) in [7, 11) is 0. The lowest BCUT2D eigenvalue weighted by Gasteiger charge is -2.21. The van der Waals surface area contributed by atoms with Crippen LogP contribution in [-0.4, -0.2) is 42.9 Å². The van der Waals surface area contributed by atoms with Crippen molar-refractivity contribution in [1.82, 2.24) is 10.2 Å². The molecule has 1 aromatic rings. The monoisotopic (exact) mass is 365 g/mol. The number of benzene rings is 1. The van der Waals surface area contributed by atoms with Gasteiger partial charge in [0, 0.05) is 31.7 Å². The van der Waals surface area contributed by atoms with Crippen molar-refractivity contribution in [2.24, 2.45) is 5.92 Å². The topological polar surface area (TPSA) is 61.4 Å². The van der Waals surface area contributed by atoms with Crippen molar-refractivity contribution in [3.8, 4) is 0 Å². The maximum Gasteiger partial charge on any atom is 0.228 e. The highest BCUT2D eigenvalue weighted by Gasteiger charge is 2.21. The lowest BCUT2D eigenvalue weighted by molar-refractivity contribution is -0.130. The van der Waals surface area contributed by atoms with Crippen molar-refractivity contribution in [2.75, 3.05) is 31.5 Å². The molecule has 1 atom stereocenters. The number of piperidine rings is 1. The van der Waals surface area contributed by atoms with Crippen LogP contribution in [-0.2, 0) is 16.0 Å². The zero-order chi connectivity index (χ0) is 16.8. The van der Waals surface area contributed by atoms with E-state index in [0.29, 0.717) is 6.42 Å². The molecule has 0 aromatic heterocycles. The lowest BCUT2D eigenvalue weighted by atomic mass is 9.98. The van der Waals surface area contributed by atoms with Crippen LogP contribution in [0, 0.1) is 5.92 Å². The van der Waals surface area contributed by atoms with E-state index in [1.165, 1.54) is 0 Å². The van der Waals surface area contributed by atoms with E-state index in [9.17, 15) is 9.59 Å². The van der Waals surface area contributed by atoms with Gasteiger partial charge in [-0.3, -0.25) is 9.59 Å². The number of anilines is 1. The molecule has 1 unspecified atom stereocenters. The summed E-state index contributed by atoms with van der Waals surface area (Å²) in [6.07, 6.45) is 5.61. The van der Waals surface area contributed by atoms with Gasteiger partial charge >= 0.3 is 0 Å². The van der Waals surface area contributed by atoms with Crippen molar-refractivity contribution in [3.05, 3.63) is 29.8 Å². The molecular weight excluding hydrogens is 338 g/mol. The third-order valence-electron chi connectivity index (χ3n) is 4.98. The Morgan fingerprint density at radius 2 is 1.84 bits per heavy atom. The number of hydrogen-bond acceptors (Lipinski definition) is 3. The number of nitrogens with zero attached hydrogens (tertiary/aromatic N) is 1. The van der Waals surface area contributed by atoms with Crippen molar-refractivity contribution >= 4 is 29.9 Å². The highest BCUT2D eigenvalue weighted by atomic mass is 35.5. The molecule has 3 rings (SSSR count). The summed E-state index contributed by atoms with van der Waals surface area (Å²) in [6, 6.07) is 7.88. The number of halogens is 1. The van der Waals surface area contributed by atoms with E-state index in [1.54, 1.807) is 0 Å². The molecule has 2 amide bonds. The van der Waals surface area contributed by atoms with Gasteiger partial charge in [-0.25, -0.2) is 0 Å². The minimum Gasteiger partial charge on any atom is -0.343 e. The summed E-state index contributed by atoms with van der Waals surface area (Å²) in [5.74, 6) is 0.422. The minimum absolute atomic E-state index is 0. The number of likely N-dealkylation sites (tertiary alicyclic amines) is 1. The summed E-state index contributed by atoms with van der Waals surface area (Å²) in [5, 5.41) is 6.26. The first-order valence-corrected chi connectivity index (χ1v) is 9.11. The molecule has 138 valence electrons. The van der Waals surface area contributed by atoms with Crippen molar-refractivity contribution < 1.29 is 9.59 Å². The number of carbonyl (C=O) groups excluding carboxylic acids is 2. The van der Waals surface area contributed by atoms with Crippen LogP contribution in [0.15, 0.2) is 24.3 Å². The average Bonchev–Trinajstić information content (AvgIpc) is 3.16. The van der Waals surface area contributed by atoms with Crippen molar-refractivity contribution in [1.29, 1.82) is 0 Å². The second-order valence-corrected chi connectivity index (χ2v) is 6.82. The molecule has 2 fully saturated rings. The maximum absolute atomic E-state index is 12.2. The molecular formula is C19H28ClN3O2. The van der Waals surface area contributed by atoms with Crippen LogP contribution >= 0.6 is 12.4 Å². The molecule has 2 aliphatic rings. The van der Waals surface area contributed by atoms with Gasteiger partial charge in [0.2, 0.25) is 11.8 Å². The van der Waals surface area contributed by atoms with Crippen LogP contribution in [0.4, 0.5) is 5.69 Å².